The van der Waals surface area contributed by atoms with E-state index in [1.807, 2.05) is 31.3 Å². The molecular formula is C16H15Cl2NO2. The fraction of sp³-hybridized carbons (Fsp3) is 0.250. The first-order valence-corrected chi connectivity index (χ1v) is 7.47. The predicted molar refractivity (Wildman–Crippen MR) is 84.8 cm³/mol. The molecule has 0 aromatic heterocycles. The van der Waals surface area contributed by atoms with Crippen molar-refractivity contribution in [3.8, 4) is 11.5 Å². The maximum Gasteiger partial charge on any atom is 0.166 e. The van der Waals surface area contributed by atoms with E-state index in [0.29, 0.717) is 23.3 Å². The van der Waals surface area contributed by atoms with Crippen LogP contribution in [0.5, 0.6) is 11.5 Å². The fourth-order valence-corrected chi connectivity index (χ4v) is 2.95. The van der Waals surface area contributed by atoms with E-state index in [1.165, 1.54) is 0 Å². The molecule has 21 heavy (non-hydrogen) atoms. The van der Waals surface area contributed by atoms with Crippen LogP contribution >= 0.6 is 23.2 Å². The zero-order chi connectivity index (χ0) is 14.8. The number of halogens is 2. The number of rotatable bonds is 3. The van der Waals surface area contributed by atoms with Gasteiger partial charge in [0.1, 0.15) is 13.2 Å². The van der Waals surface area contributed by atoms with E-state index < -0.39 is 0 Å². The summed E-state index contributed by atoms with van der Waals surface area (Å²) in [5.74, 6) is 1.52. The van der Waals surface area contributed by atoms with Crippen LogP contribution in [0.1, 0.15) is 17.2 Å². The lowest BCUT2D eigenvalue weighted by molar-refractivity contribution is 0.169. The SMILES string of the molecule is CNC(c1cc(Cl)ccc1Cl)c1cccc2c1OCCO2. The van der Waals surface area contributed by atoms with E-state index >= 15 is 0 Å². The summed E-state index contributed by atoms with van der Waals surface area (Å²) in [4.78, 5) is 0. The van der Waals surface area contributed by atoms with Gasteiger partial charge in [0, 0.05) is 15.6 Å². The number of hydrogen-bond donors (Lipinski definition) is 1. The Hall–Kier alpha value is -1.42. The van der Waals surface area contributed by atoms with Crippen LogP contribution in [0.25, 0.3) is 0 Å². The largest absolute Gasteiger partial charge is 0.486 e. The minimum atomic E-state index is -0.118. The highest BCUT2D eigenvalue weighted by atomic mass is 35.5. The molecular weight excluding hydrogens is 309 g/mol. The summed E-state index contributed by atoms with van der Waals surface area (Å²) in [6, 6.07) is 11.2. The van der Waals surface area contributed by atoms with Crippen LogP contribution in [0, 0.1) is 0 Å². The lowest BCUT2D eigenvalue weighted by atomic mass is 9.97. The van der Waals surface area contributed by atoms with Gasteiger partial charge in [-0.1, -0.05) is 35.3 Å². The number of hydrogen-bond acceptors (Lipinski definition) is 3. The summed E-state index contributed by atoms with van der Waals surface area (Å²) in [6.45, 7) is 1.11. The van der Waals surface area contributed by atoms with Crippen molar-refractivity contribution in [1.82, 2.24) is 5.32 Å². The molecule has 3 rings (SSSR count). The van der Waals surface area contributed by atoms with E-state index in [4.69, 9.17) is 32.7 Å². The molecule has 0 fully saturated rings. The highest BCUT2D eigenvalue weighted by Crippen LogP contribution is 2.40. The van der Waals surface area contributed by atoms with E-state index in [0.717, 1.165) is 22.6 Å². The number of ether oxygens (including phenoxy) is 2. The van der Waals surface area contributed by atoms with Crippen LogP contribution in [0.4, 0.5) is 0 Å². The number of para-hydroxylation sites is 1. The van der Waals surface area contributed by atoms with Gasteiger partial charge < -0.3 is 14.8 Å². The molecule has 1 atom stereocenters. The topological polar surface area (TPSA) is 30.5 Å². The zero-order valence-electron chi connectivity index (χ0n) is 11.5. The van der Waals surface area contributed by atoms with Crippen molar-refractivity contribution in [2.75, 3.05) is 20.3 Å². The van der Waals surface area contributed by atoms with E-state index in [1.54, 1.807) is 12.1 Å². The van der Waals surface area contributed by atoms with Crippen molar-refractivity contribution in [3.05, 3.63) is 57.6 Å². The molecule has 1 heterocycles. The second kappa shape index (κ2) is 6.14. The van der Waals surface area contributed by atoms with Gasteiger partial charge in [0.15, 0.2) is 11.5 Å². The summed E-state index contributed by atoms with van der Waals surface area (Å²) in [5.41, 5.74) is 1.90. The molecule has 1 N–H and O–H groups in total. The molecule has 2 aromatic carbocycles. The van der Waals surface area contributed by atoms with Gasteiger partial charge in [-0.3, -0.25) is 0 Å². The lowest BCUT2D eigenvalue weighted by Gasteiger charge is -2.26. The number of benzene rings is 2. The third-order valence-electron chi connectivity index (χ3n) is 3.47. The Morgan fingerprint density at radius 3 is 2.67 bits per heavy atom. The van der Waals surface area contributed by atoms with Gasteiger partial charge in [-0.05, 0) is 36.9 Å². The summed E-state index contributed by atoms with van der Waals surface area (Å²) in [6.07, 6.45) is 0. The molecule has 0 radical (unpaired) electrons. The Labute approximate surface area is 133 Å². The first kappa shape index (κ1) is 14.5. The van der Waals surface area contributed by atoms with E-state index in [-0.39, 0.29) is 6.04 Å². The summed E-state index contributed by atoms with van der Waals surface area (Å²) in [5, 5.41) is 4.58. The molecule has 1 unspecified atom stereocenters. The van der Waals surface area contributed by atoms with Crippen LogP contribution in [-0.2, 0) is 0 Å². The number of fused-ring (bicyclic) bond motifs is 1. The van der Waals surface area contributed by atoms with Crippen molar-refractivity contribution in [1.29, 1.82) is 0 Å². The van der Waals surface area contributed by atoms with Gasteiger partial charge >= 0.3 is 0 Å². The molecule has 0 bridgehead atoms. The Morgan fingerprint density at radius 2 is 1.86 bits per heavy atom. The van der Waals surface area contributed by atoms with Gasteiger partial charge in [0.25, 0.3) is 0 Å². The van der Waals surface area contributed by atoms with Crippen LogP contribution in [0.2, 0.25) is 10.0 Å². The molecule has 0 spiro atoms. The average Bonchev–Trinajstić information content (AvgIpc) is 2.51. The monoisotopic (exact) mass is 323 g/mol. The third-order valence-corrected chi connectivity index (χ3v) is 4.04. The van der Waals surface area contributed by atoms with Gasteiger partial charge in [-0.2, -0.15) is 0 Å². The predicted octanol–water partition coefficient (Wildman–Crippen LogP) is 4.07. The molecule has 0 saturated heterocycles. The number of nitrogens with one attached hydrogen (secondary N) is 1. The van der Waals surface area contributed by atoms with Gasteiger partial charge in [0.2, 0.25) is 0 Å². The van der Waals surface area contributed by atoms with Gasteiger partial charge in [0.05, 0.1) is 6.04 Å². The first-order valence-electron chi connectivity index (χ1n) is 6.71. The smallest absolute Gasteiger partial charge is 0.166 e. The molecule has 5 heteroatoms. The van der Waals surface area contributed by atoms with Crippen molar-refractivity contribution in [3.63, 3.8) is 0 Å². The van der Waals surface area contributed by atoms with E-state index in [2.05, 4.69) is 5.32 Å². The average molecular weight is 324 g/mol. The molecule has 110 valence electrons. The standard InChI is InChI=1S/C16H15Cl2NO2/c1-19-15(12-9-10(17)5-6-13(12)18)11-3-2-4-14-16(11)21-8-7-20-14/h2-6,9,15,19H,7-8H2,1H3. The van der Waals surface area contributed by atoms with Crippen LogP contribution in [-0.4, -0.2) is 20.3 Å². The van der Waals surface area contributed by atoms with Crippen LogP contribution in [0.3, 0.4) is 0 Å². The Morgan fingerprint density at radius 1 is 1.05 bits per heavy atom. The Kier molecular flexibility index (Phi) is 4.24. The minimum absolute atomic E-state index is 0.118. The third kappa shape index (κ3) is 2.82. The molecule has 1 aliphatic heterocycles. The fourth-order valence-electron chi connectivity index (χ4n) is 2.54. The summed E-state index contributed by atoms with van der Waals surface area (Å²) in [7, 11) is 1.88. The Balaban J connectivity index is 2.10. The Bertz CT molecular complexity index is 661. The molecule has 0 amide bonds. The van der Waals surface area contributed by atoms with Crippen molar-refractivity contribution in [2.45, 2.75) is 6.04 Å². The zero-order valence-corrected chi connectivity index (χ0v) is 13.0. The molecule has 3 nitrogen and oxygen atoms in total. The van der Waals surface area contributed by atoms with E-state index in [9.17, 15) is 0 Å². The minimum Gasteiger partial charge on any atom is -0.486 e. The highest BCUT2D eigenvalue weighted by Gasteiger charge is 2.24. The van der Waals surface area contributed by atoms with Gasteiger partial charge in [-0.25, -0.2) is 0 Å². The summed E-state index contributed by atoms with van der Waals surface area (Å²) >= 11 is 12.4. The first-order chi connectivity index (χ1) is 10.2. The van der Waals surface area contributed by atoms with Crippen molar-refractivity contribution < 1.29 is 9.47 Å². The molecule has 0 saturated carbocycles. The normalized spacial score (nSPS) is 14.8. The van der Waals surface area contributed by atoms with Gasteiger partial charge in [-0.15, -0.1) is 0 Å². The molecule has 2 aromatic rings. The highest BCUT2D eigenvalue weighted by molar-refractivity contribution is 6.33. The van der Waals surface area contributed by atoms with Crippen LogP contribution < -0.4 is 14.8 Å². The van der Waals surface area contributed by atoms with Crippen molar-refractivity contribution in [2.24, 2.45) is 0 Å². The molecule has 0 aliphatic carbocycles. The quantitative estimate of drug-likeness (QED) is 0.923. The maximum atomic E-state index is 6.33. The second-order valence-corrected chi connectivity index (χ2v) is 5.60. The van der Waals surface area contributed by atoms with Crippen molar-refractivity contribution >= 4 is 23.2 Å². The second-order valence-electron chi connectivity index (χ2n) is 4.76. The lowest BCUT2D eigenvalue weighted by Crippen LogP contribution is -2.22. The summed E-state index contributed by atoms with van der Waals surface area (Å²) < 4.78 is 11.4. The van der Waals surface area contributed by atoms with Crippen LogP contribution in [0.15, 0.2) is 36.4 Å². The molecule has 1 aliphatic rings. The maximum absolute atomic E-state index is 6.33.